The van der Waals surface area contributed by atoms with E-state index in [1.165, 1.54) is 32.7 Å². The third kappa shape index (κ3) is 1.60. The maximum Gasteiger partial charge on any atom is 0.0134 e. The second-order valence-corrected chi connectivity index (χ2v) is 5.12. The molecule has 2 unspecified atom stereocenters. The van der Waals surface area contributed by atoms with E-state index in [-0.39, 0.29) is 0 Å². The lowest BCUT2D eigenvalue weighted by molar-refractivity contribution is 0.193. The molecular formula is C10H21N3. The number of nitrogens with zero attached hydrogens (tertiary/aromatic N) is 2. The molecule has 2 heterocycles. The van der Waals surface area contributed by atoms with Crippen LogP contribution in [0.15, 0.2) is 0 Å². The lowest BCUT2D eigenvalue weighted by Gasteiger charge is -2.31. The summed E-state index contributed by atoms with van der Waals surface area (Å²) in [5.41, 5.74) is 0.540. The topological polar surface area (TPSA) is 18.5 Å². The van der Waals surface area contributed by atoms with Crippen molar-refractivity contribution < 1.29 is 0 Å². The van der Waals surface area contributed by atoms with Gasteiger partial charge >= 0.3 is 0 Å². The molecule has 0 radical (unpaired) electrons. The Morgan fingerprint density at radius 1 is 1.54 bits per heavy atom. The maximum atomic E-state index is 3.54. The molecule has 0 bridgehead atoms. The van der Waals surface area contributed by atoms with E-state index in [1.54, 1.807) is 0 Å². The molecule has 0 aromatic carbocycles. The lowest BCUT2D eigenvalue weighted by Crippen LogP contribution is -2.41. The van der Waals surface area contributed by atoms with Crippen molar-refractivity contribution in [2.24, 2.45) is 11.3 Å². The fraction of sp³-hybridized carbons (Fsp3) is 1.00. The summed E-state index contributed by atoms with van der Waals surface area (Å²) in [6.07, 6.45) is 0. The summed E-state index contributed by atoms with van der Waals surface area (Å²) in [4.78, 5) is 4.81. The first-order valence-corrected chi connectivity index (χ1v) is 5.16. The van der Waals surface area contributed by atoms with Gasteiger partial charge < -0.3 is 15.1 Å². The van der Waals surface area contributed by atoms with Crippen LogP contribution in [0.25, 0.3) is 0 Å². The Kier molecular flexibility index (Phi) is 2.34. The van der Waals surface area contributed by atoms with E-state index >= 15 is 0 Å². The van der Waals surface area contributed by atoms with Gasteiger partial charge in [0.05, 0.1) is 0 Å². The molecule has 2 rings (SSSR count). The number of hydrogen-bond acceptors (Lipinski definition) is 3. The first kappa shape index (κ1) is 9.44. The van der Waals surface area contributed by atoms with Gasteiger partial charge in [0, 0.05) is 31.6 Å². The van der Waals surface area contributed by atoms with Crippen LogP contribution in [-0.4, -0.2) is 63.7 Å². The largest absolute Gasteiger partial charge is 0.316 e. The number of rotatable bonds is 2. The summed E-state index contributed by atoms with van der Waals surface area (Å²) >= 11 is 0. The highest BCUT2D eigenvalue weighted by atomic mass is 15.2. The highest BCUT2D eigenvalue weighted by molar-refractivity contribution is 5.03. The Hall–Kier alpha value is -0.120. The zero-order valence-corrected chi connectivity index (χ0v) is 9.01. The Morgan fingerprint density at radius 3 is 3.00 bits per heavy atom. The van der Waals surface area contributed by atoms with Crippen LogP contribution >= 0.6 is 0 Å². The lowest BCUT2D eigenvalue weighted by atomic mass is 9.80. The highest BCUT2D eigenvalue weighted by Gasteiger charge is 2.48. The molecule has 2 saturated heterocycles. The van der Waals surface area contributed by atoms with Crippen LogP contribution in [0.4, 0.5) is 0 Å². The first-order chi connectivity index (χ1) is 6.12. The van der Waals surface area contributed by atoms with Crippen LogP contribution < -0.4 is 5.32 Å². The fourth-order valence-electron chi connectivity index (χ4n) is 3.14. The second-order valence-electron chi connectivity index (χ2n) is 5.12. The van der Waals surface area contributed by atoms with E-state index in [0.29, 0.717) is 5.41 Å². The van der Waals surface area contributed by atoms with Crippen LogP contribution in [-0.2, 0) is 0 Å². The monoisotopic (exact) mass is 183 g/mol. The zero-order chi connectivity index (χ0) is 9.47. The minimum absolute atomic E-state index is 0.540. The van der Waals surface area contributed by atoms with Crippen molar-refractivity contribution in [1.29, 1.82) is 0 Å². The van der Waals surface area contributed by atoms with Crippen molar-refractivity contribution in [1.82, 2.24) is 15.1 Å². The Labute approximate surface area is 81.1 Å². The molecule has 2 fully saturated rings. The SMILES string of the molecule is CN(C)CC12CNCC1CN(C)C2. The van der Waals surface area contributed by atoms with Gasteiger partial charge in [-0.05, 0) is 33.6 Å². The third-order valence-corrected chi connectivity index (χ3v) is 3.48. The van der Waals surface area contributed by atoms with E-state index in [4.69, 9.17) is 0 Å². The summed E-state index contributed by atoms with van der Waals surface area (Å²) in [5, 5.41) is 3.54. The molecule has 3 nitrogen and oxygen atoms in total. The second kappa shape index (κ2) is 3.23. The van der Waals surface area contributed by atoms with Crippen molar-refractivity contribution in [3.63, 3.8) is 0 Å². The smallest absolute Gasteiger partial charge is 0.0134 e. The number of fused-ring (bicyclic) bond motifs is 1. The van der Waals surface area contributed by atoms with Crippen molar-refractivity contribution in [3.8, 4) is 0 Å². The van der Waals surface area contributed by atoms with E-state index in [0.717, 1.165) is 5.92 Å². The molecule has 0 spiro atoms. The van der Waals surface area contributed by atoms with Gasteiger partial charge in [-0.3, -0.25) is 0 Å². The third-order valence-electron chi connectivity index (χ3n) is 3.48. The molecule has 0 aromatic rings. The van der Waals surface area contributed by atoms with E-state index < -0.39 is 0 Å². The highest BCUT2D eigenvalue weighted by Crippen LogP contribution is 2.38. The molecule has 0 saturated carbocycles. The molecule has 2 aliphatic rings. The standard InChI is InChI=1S/C10H21N3/c1-12(2)7-10-6-11-4-9(10)5-13(3)8-10/h9,11H,4-8H2,1-3H3. The number of nitrogens with one attached hydrogen (secondary N) is 1. The maximum absolute atomic E-state index is 3.54. The van der Waals surface area contributed by atoms with Crippen molar-refractivity contribution in [3.05, 3.63) is 0 Å². The summed E-state index contributed by atoms with van der Waals surface area (Å²) < 4.78 is 0. The van der Waals surface area contributed by atoms with Gasteiger partial charge in [0.15, 0.2) is 0 Å². The fourth-order valence-corrected chi connectivity index (χ4v) is 3.14. The van der Waals surface area contributed by atoms with Gasteiger partial charge in [0.1, 0.15) is 0 Å². The van der Waals surface area contributed by atoms with Gasteiger partial charge in [0.2, 0.25) is 0 Å². The average molecular weight is 183 g/mol. The van der Waals surface area contributed by atoms with Crippen molar-refractivity contribution in [2.75, 3.05) is 53.9 Å². The molecule has 2 aliphatic heterocycles. The van der Waals surface area contributed by atoms with Gasteiger partial charge in [-0.1, -0.05) is 0 Å². The van der Waals surface area contributed by atoms with E-state index in [9.17, 15) is 0 Å². The Balaban J connectivity index is 2.09. The molecule has 0 aromatic heterocycles. The van der Waals surface area contributed by atoms with Crippen LogP contribution in [0, 0.1) is 11.3 Å². The van der Waals surface area contributed by atoms with E-state index in [1.807, 2.05) is 0 Å². The molecular weight excluding hydrogens is 162 g/mol. The molecule has 76 valence electrons. The van der Waals surface area contributed by atoms with Gasteiger partial charge in [-0.15, -0.1) is 0 Å². The first-order valence-electron chi connectivity index (χ1n) is 5.16. The molecule has 13 heavy (non-hydrogen) atoms. The number of likely N-dealkylation sites (tertiary alicyclic amines) is 1. The minimum Gasteiger partial charge on any atom is -0.316 e. The number of hydrogen-bond donors (Lipinski definition) is 1. The van der Waals surface area contributed by atoms with Gasteiger partial charge in [-0.25, -0.2) is 0 Å². The van der Waals surface area contributed by atoms with Crippen LogP contribution in [0.5, 0.6) is 0 Å². The van der Waals surface area contributed by atoms with Crippen LogP contribution in [0.2, 0.25) is 0 Å². The van der Waals surface area contributed by atoms with Gasteiger partial charge in [0.25, 0.3) is 0 Å². The summed E-state index contributed by atoms with van der Waals surface area (Å²) in [6.45, 7) is 6.21. The Bertz CT molecular complexity index is 193. The average Bonchev–Trinajstić information content (AvgIpc) is 2.40. The zero-order valence-electron chi connectivity index (χ0n) is 9.01. The molecule has 2 atom stereocenters. The molecule has 1 N–H and O–H groups in total. The molecule has 0 aliphatic carbocycles. The minimum atomic E-state index is 0.540. The quantitative estimate of drug-likeness (QED) is 0.634. The van der Waals surface area contributed by atoms with Crippen molar-refractivity contribution in [2.45, 2.75) is 0 Å². The van der Waals surface area contributed by atoms with Crippen LogP contribution in [0.3, 0.4) is 0 Å². The predicted octanol–water partition coefficient (Wildman–Crippen LogP) is -0.301. The summed E-state index contributed by atoms with van der Waals surface area (Å²) in [5.74, 6) is 0.875. The molecule has 0 amide bonds. The summed E-state index contributed by atoms with van der Waals surface area (Å²) in [6, 6.07) is 0. The van der Waals surface area contributed by atoms with Crippen LogP contribution in [0.1, 0.15) is 0 Å². The summed E-state index contributed by atoms with van der Waals surface area (Å²) in [7, 11) is 6.61. The van der Waals surface area contributed by atoms with E-state index in [2.05, 4.69) is 36.3 Å². The normalized spacial score (nSPS) is 40.2. The Morgan fingerprint density at radius 2 is 2.31 bits per heavy atom. The van der Waals surface area contributed by atoms with Crippen molar-refractivity contribution >= 4 is 0 Å². The molecule has 3 heteroatoms. The predicted molar refractivity (Wildman–Crippen MR) is 54.8 cm³/mol. The van der Waals surface area contributed by atoms with Gasteiger partial charge in [-0.2, -0.15) is 0 Å².